The summed E-state index contributed by atoms with van der Waals surface area (Å²) in [7, 11) is 0. The van der Waals surface area contributed by atoms with Gasteiger partial charge in [0.05, 0.1) is 33.3 Å². The van der Waals surface area contributed by atoms with Crippen LogP contribution in [0.15, 0.2) is 128 Å². The van der Waals surface area contributed by atoms with Crippen molar-refractivity contribution < 1.29 is 0 Å². The summed E-state index contributed by atoms with van der Waals surface area (Å²) in [6.07, 6.45) is 8.31. The molecule has 0 bridgehead atoms. The van der Waals surface area contributed by atoms with E-state index in [1.54, 1.807) is 0 Å². The lowest BCUT2D eigenvalue weighted by Crippen LogP contribution is -2.02. The highest BCUT2D eigenvalue weighted by atomic mass is 32.1. The van der Waals surface area contributed by atoms with Gasteiger partial charge in [0.1, 0.15) is 0 Å². The van der Waals surface area contributed by atoms with Crippen LogP contribution < -0.4 is 0 Å². The number of fused-ring (bicyclic) bond motifs is 8. The predicted octanol–water partition coefficient (Wildman–Crippen LogP) is 11.0. The molecule has 0 saturated carbocycles. The van der Waals surface area contributed by atoms with Crippen molar-refractivity contribution in [3.05, 3.63) is 138 Å². The third-order valence-corrected chi connectivity index (χ3v) is 9.32. The number of para-hydroxylation sites is 1. The van der Waals surface area contributed by atoms with Gasteiger partial charge < -0.3 is 4.57 Å². The second-order valence-corrected chi connectivity index (χ2v) is 11.6. The summed E-state index contributed by atoms with van der Waals surface area (Å²) in [5, 5.41) is 6.17. The zero-order valence-electron chi connectivity index (χ0n) is 23.7. The summed E-state index contributed by atoms with van der Waals surface area (Å²) in [4.78, 5) is 11.4. The van der Waals surface area contributed by atoms with E-state index in [9.17, 15) is 0 Å². The van der Waals surface area contributed by atoms with Crippen LogP contribution in [0.25, 0.3) is 83.1 Å². The first-order chi connectivity index (χ1) is 21.3. The van der Waals surface area contributed by atoms with Gasteiger partial charge in [-0.1, -0.05) is 122 Å². The number of aromatic nitrogens is 3. The first-order valence-corrected chi connectivity index (χ1v) is 15.2. The van der Waals surface area contributed by atoms with Crippen LogP contribution >= 0.6 is 11.3 Å². The maximum atomic E-state index is 5.24. The molecular formula is C39H27N3S. The van der Waals surface area contributed by atoms with Gasteiger partial charge in [0.2, 0.25) is 0 Å². The number of allylic oxidation sites excluding steroid dienone is 1. The van der Waals surface area contributed by atoms with Crippen LogP contribution in [0.1, 0.15) is 17.4 Å². The lowest BCUT2D eigenvalue weighted by Gasteiger charge is -2.15. The average molecular weight is 570 g/mol. The van der Waals surface area contributed by atoms with Crippen LogP contribution in [-0.2, 0) is 0 Å². The van der Waals surface area contributed by atoms with Crippen LogP contribution in [0.2, 0.25) is 0 Å². The lowest BCUT2D eigenvalue weighted by atomic mass is 9.98. The van der Waals surface area contributed by atoms with Crippen LogP contribution in [0.5, 0.6) is 0 Å². The van der Waals surface area contributed by atoms with Crippen molar-refractivity contribution in [1.29, 1.82) is 0 Å². The SMILES string of the molecule is C=Cc1c(/C=C\C)sc2c1c1ccccc1c1c3ccccc3n(-c3cnc(-c4ccccc4)nc3-c3ccccc3)c21. The van der Waals surface area contributed by atoms with Gasteiger partial charge in [-0.25, -0.2) is 9.97 Å². The Morgan fingerprint density at radius 1 is 0.721 bits per heavy atom. The molecule has 0 aliphatic heterocycles. The molecule has 0 fully saturated rings. The number of benzene rings is 5. The van der Waals surface area contributed by atoms with E-state index in [1.165, 1.54) is 47.6 Å². The molecule has 8 rings (SSSR count). The number of hydrogen-bond acceptors (Lipinski definition) is 3. The van der Waals surface area contributed by atoms with E-state index in [2.05, 4.69) is 115 Å². The molecule has 0 unspecified atom stereocenters. The third kappa shape index (κ3) is 3.88. The monoisotopic (exact) mass is 569 g/mol. The van der Waals surface area contributed by atoms with Gasteiger partial charge in [0, 0.05) is 37.7 Å². The Kier molecular flexibility index (Phi) is 6.02. The molecule has 0 atom stereocenters. The van der Waals surface area contributed by atoms with Crippen molar-refractivity contribution in [2.24, 2.45) is 0 Å². The molecule has 3 nitrogen and oxygen atoms in total. The zero-order valence-corrected chi connectivity index (χ0v) is 24.5. The number of hydrogen-bond donors (Lipinski definition) is 0. The Bertz CT molecular complexity index is 2360. The van der Waals surface area contributed by atoms with Gasteiger partial charge in [-0.05, 0) is 29.8 Å². The minimum Gasteiger partial charge on any atom is -0.304 e. The van der Waals surface area contributed by atoms with Gasteiger partial charge in [0.15, 0.2) is 5.82 Å². The van der Waals surface area contributed by atoms with Crippen LogP contribution in [-0.4, -0.2) is 14.5 Å². The molecule has 5 aromatic carbocycles. The molecule has 204 valence electrons. The van der Waals surface area contributed by atoms with Crippen molar-refractivity contribution in [2.75, 3.05) is 0 Å². The molecule has 8 aromatic rings. The molecule has 0 spiro atoms. The highest BCUT2D eigenvalue weighted by Gasteiger charge is 2.24. The molecule has 0 radical (unpaired) electrons. The molecular weight excluding hydrogens is 543 g/mol. The number of thiophene rings is 1. The highest BCUT2D eigenvalue weighted by molar-refractivity contribution is 7.21. The van der Waals surface area contributed by atoms with Gasteiger partial charge >= 0.3 is 0 Å². The number of rotatable bonds is 5. The van der Waals surface area contributed by atoms with E-state index < -0.39 is 0 Å². The van der Waals surface area contributed by atoms with Crippen molar-refractivity contribution >= 4 is 66.2 Å². The summed E-state index contributed by atoms with van der Waals surface area (Å²) >= 11 is 1.82. The van der Waals surface area contributed by atoms with Crippen molar-refractivity contribution in [1.82, 2.24) is 14.5 Å². The molecule has 0 aliphatic rings. The van der Waals surface area contributed by atoms with E-state index in [1.807, 2.05) is 47.9 Å². The number of nitrogens with zero attached hydrogens (tertiary/aromatic N) is 3. The van der Waals surface area contributed by atoms with E-state index in [0.29, 0.717) is 5.82 Å². The topological polar surface area (TPSA) is 30.7 Å². The van der Waals surface area contributed by atoms with Gasteiger partial charge in [-0.15, -0.1) is 11.3 Å². The second kappa shape index (κ2) is 10.2. The first kappa shape index (κ1) is 25.4. The normalized spacial score (nSPS) is 11.8. The molecule has 3 aromatic heterocycles. The molecule has 0 saturated heterocycles. The Morgan fingerprint density at radius 3 is 2.05 bits per heavy atom. The second-order valence-electron chi connectivity index (χ2n) is 10.6. The maximum absolute atomic E-state index is 5.24. The van der Waals surface area contributed by atoms with Gasteiger partial charge in [-0.2, -0.15) is 0 Å². The Morgan fingerprint density at radius 2 is 1.35 bits per heavy atom. The van der Waals surface area contributed by atoms with Gasteiger partial charge in [-0.3, -0.25) is 0 Å². The van der Waals surface area contributed by atoms with Crippen LogP contribution in [0.4, 0.5) is 0 Å². The highest BCUT2D eigenvalue weighted by Crippen LogP contribution is 2.48. The molecule has 3 heterocycles. The van der Waals surface area contributed by atoms with Crippen molar-refractivity contribution in [3.63, 3.8) is 0 Å². The fourth-order valence-electron chi connectivity index (χ4n) is 6.34. The van der Waals surface area contributed by atoms with Crippen molar-refractivity contribution in [2.45, 2.75) is 6.92 Å². The maximum Gasteiger partial charge on any atom is 0.159 e. The first-order valence-electron chi connectivity index (χ1n) is 14.4. The summed E-state index contributed by atoms with van der Waals surface area (Å²) < 4.78 is 3.62. The molecule has 4 heteroatoms. The molecule has 0 amide bonds. The molecule has 0 N–H and O–H groups in total. The summed E-state index contributed by atoms with van der Waals surface area (Å²) in [6, 6.07) is 38.1. The fraction of sp³-hybridized carbons (Fsp3) is 0.0256. The summed E-state index contributed by atoms with van der Waals surface area (Å²) in [5.74, 6) is 0.708. The van der Waals surface area contributed by atoms with E-state index in [4.69, 9.17) is 9.97 Å². The van der Waals surface area contributed by atoms with Crippen LogP contribution in [0.3, 0.4) is 0 Å². The lowest BCUT2D eigenvalue weighted by molar-refractivity contribution is 1.09. The zero-order chi connectivity index (χ0) is 28.9. The Balaban J connectivity index is 1.59. The minimum atomic E-state index is 0.708. The Hall–Kier alpha value is -5.32. The summed E-state index contributed by atoms with van der Waals surface area (Å²) in [5.41, 5.74) is 7.37. The molecule has 43 heavy (non-hydrogen) atoms. The average Bonchev–Trinajstić information content (AvgIpc) is 3.61. The smallest absolute Gasteiger partial charge is 0.159 e. The van der Waals surface area contributed by atoms with Crippen LogP contribution in [0, 0.1) is 0 Å². The largest absolute Gasteiger partial charge is 0.304 e. The standard InChI is InChI=1S/C39H27N3S/c1-3-15-33-27(4-2)35-29-21-12-11-20-28(29)34-30-22-13-14-23-31(30)42(37(34)38(35)43-33)32-24-40-39(26-18-9-6-10-19-26)41-36(32)25-16-7-5-8-17-25/h3-24H,2H2,1H3/b15-3-. The fourth-order valence-corrected chi connectivity index (χ4v) is 7.68. The van der Waals surface area contributed by atoms with E-state index in [0.717, 1.165) is 28.0 Å². The molecule has 0 aliphatic carbocycles. The van der Waals surface area contributed by atoms with E-state index in [-0.39, 0.29) is 0 Å². The summed E-state index contributed by atoms with van der Waals surface area (Å²) in [6.45, 7) is 6.31. The van der Waals surface area contributed by atoms with Crippen molar-refractivity contribution in [3.8, 4) is 28.3 Å². The quantitative estimate of drug-likeness (QED) is 0.206. The predicted molar refractivity (Wildman–Crippen MR) is 185 cm³/mol. The Labute approximate surface area is 253 Å². The third-order valence-electron chi connectivity index (χ3n) is 8.14. The minimum absolute atomic E-state index is 0.708. The van der Waals surface area contributed by atoms with E-state index >= 15 is 0 Å². The van der Waals surface area contributed by atoms with Gasteiger partial charge in [0.25, 0.3) is 0 Å².